The normalized spacial score (nSPS) is 25.2. The maximum absolute atomic E-state index is 13.1. The lowest BCUT2D eigenvalue weighted by atomic mass is 9.73. The van der Waals surface area contributed by atoms with Gasteiger partial charge >= 0.3 is 0 Å². The highest BCUT2D eigenvalue weighted by molar-refractivity contribution is 6.06. The van der Waals surface area contributed by atoms with Crippen molar-refractivity contribution < 1.29 is 19.1 Å². The molecule has 2 aliphatic rings. The molecule has 2 fully saturated rings. The van der Waals surface area contributed by atoms with E-state index in [1.807, 2.05) is 18.2 Å². The van der Waals surface area contributed by atoms with Gasteiger partial charge in [-0.05, 0) is 12.5 Å². The first-order chi connectivity index (χ1) is 12.6. The van der Waals surface area contributed by atoms with Crippen molar-refractivity contribution in [2.45, 2.75) is 6.42 Å². The molecule has 4 rings (SSSR count). The predicted molar refractivity (Wildman–Crippen MR) is 94.0 cm³/mol. The summed E-state index contributed by atoms with van der Waals surface area (Å²) < 4.78 is 10.9. The number of aromatic nitrogens is 2. The molecule has 2 N–H and O–H groups in total. The van der Waals surface area contributed by atoms with E-state index in [2.05, 4.69) is 15.5 Å². The van der Waals surface area contributed by atoms with Crippen LogP contribution in [0, 0.1) is 11.3 Å². The first-order valence-electron chi connectivity index (χ1n) is 8.71. The van der Waals surface area contributed by atoms with Gasteiger partial charge in [-0.25, -0.2) is 0 Å². The van der Waals surface area contributed by atoms with Gasteiger partial charge in [0, 0.05) is 38.0 Å². The van der Waals surface area contributed by atoms with E-state index in [4.69, 9.17) is 9.47 Å². The number of benzene rings is 1. The summed E-state index contributed by atoms with van der Waals surface area (Å²) in [6.07, 6.45) is 0.621. The number of fused-ring (bicyclic) bond motifs is 2. The SMILES string of the molecule is CNC(=O)[C@]12CCOC[C@H]1CN(C(=O)c1n[nH]c3c(OC)cccc13)C2. The summed E-state index contributed by atoms with van der Waals surface area (Å²) in [5.41, 5.74) is 0.469. The quantitative estimate of drug-likeness (QED) is 0.846. The van der Waals surface area contributed by atoms with E-state index < -0.39 is 5.41 Å². The number of ether oxygens (including phenoxy) is 2. The van der Waals surface area contributed by atoms with Crippen molar-refractivity contribution >= 4 is 22.7 Å². The number of para-hydroxylation sites is 1. The molecule has 0 radical (unpaired) electrons. The van der Waals surface area contributed by atoms with Crippen LogP contribution in [0.2, 0.25) is 0 Å². The van der Waals surface area contributed by atoms with Gasteiger partial charge in [0.05, 0.1) is 19.1 Å². The van der Waals surface area contributed by atoms with Crippen LogP contribution in [0.3, 0.4) is 0 Å². The Morgan fingerprint density at radius 1 is 1.46 bits per heavy atom. The van der Waals surface area contributed by atoms with E-state index in [1.54, 1.807) is 19.1 Å². The summed E-state index contributed by atoms with van der Waals surface area (Å²) in [6.45, 7) is 1.91. The fourth-order valence-corrected chi connectivity index (χ4v) is 4.22. The number of H-pyrrole nitrogens is 1. The highest BCUT2D eigenvalue weighted by Gasteiger charge is 2.54. The summed E-state index contributed by atoms with van der Waals surface area (Å²) in [6, 6.07) is 5.49. The lowest BCUT2D eigenvalue weighted by molar-refractivity contribution is -0.138. The molecule has 26 heavy (non-hydrogen) atoms. The first kappa shape index (κ1) is 16.8. The van der Waals surface area contributed by atoms with E-state index >= 15 is 0 Å². The molecule has 0 bridgehead atoms. The van der Waals surface area contributed by atoms with Crippen molar-refractivity contribution in [2.24, 2.45) is 11.3 Å². The minimum atomic E-state index is -0.577. The third kappa shape index (κ3) is 2.36. The number of aromatic amines is 1. The molecule has 0 saturated carbocycles. The summed E-state index contributed by atoms with van der Waals surface area (Å²) in [5, 5.41) is 10.6. The Labute approximate surface area is 150 Å². The van der Waals surface area contributed by atoms with Gasteiger partial charge in [0.25, 0.3) is 5.91 Å². The number of amides is 2. The summed E-state index contributed by atoms with van der Waals surface area (Å²) in [4.78, 5) is 27.5. The van der Waals surface area contributed by atoms with Crippen LogP contribution in [0.15, 0.2) is 18.2 Å². The minimum absolute atomic E-state index is 0.0000999. The van der Waals surface area contributed by atoms with E-state index in [1.165, 1.54) is 0 Å². The molecule has 2 saturated heterocycles. The monoisotopic (exact) mass is 358 g/mol. The molecule has 3 heterocycles. The molecule has 138 valence electrons. The Morgan fingerprint density at radius 3 is 3.08 bits per heavy atom. The van der Waals surface area contributed by atoms with Crippen molar-refractivity contribution in [1.82, 2.24) is 20.4 Å². The van der Waals surface area contributed by atoms with Crippen LogP contribution in [0.4, 0.5) is 0 Å². The van der Waals surface area contributed by atoms with Crippen LogP contribution in [0.5, 0.6) is 5.75 Å². The van der Waals surface area contributed by atoms with Crippen LogP contribution in [0.25, 0.3) is 10.9 Å². The number of rotatable bonds is 3. The van der Waals surface area contributed by atoms with Crippen LogP contribution in [-0.4, -0.2) is 67.4 Å². The zero-order valence-electron chi connectivity index (χ0n) is 14.9. The third-order valence-electron chi connectivity index (χ3n) is 5.66. The van der Waals surface area contributed by atoms with Crippen LogP contribution >= 0.6 is 0 Å². The van der Waals surface area contributed by atoms with Crippen molar-refractivity contribution in [2.75, 3.05) is 40.5 Å². The predicted octanol–water partition coefficient (Wildman–Crippen LogP) is 0.796. The zero-order valence-corrected chi connectivity index (χ0v) is 14.9. The third-order valence-corrected chi connectivity index (χ3v) is 5.66. The van der Waals surface area contributed by atoms with Crippen molar-refractivity contribution in [3.63, 3.8) is 0 Å². The van der Waals surface area contributed by atoms with Gasteiger partial charge in [-0.2, -0.15) is 5.10 Å². The van der Waals surface area contributed by atoms with Gasteiger partial charge in [0.1, 0.15) is 11.3 Å². The van der Waals surface area contributed by atoms with E-state index in [9.17, 15) is 9.59 Å². The molecular weight excluding hydrogens is 336 g/mol. The van der Waals surface area contributed by atoms with Crippen molar-refractivity contribution in [1.29, 1.82) is 0 Å². The number of carbonyl (C=O) groups excluding carboxylic acids is 2. The Kier molecular flexibility index (Phi) is 4.07. The molecular formula is C18H22N4O4. The van der Waals surface area contributed by atoms with E-state index in [0.29, 0.717) is 49.7 Å². The standard InChI is InChI=1S/C18H22N4O4/c1-19-17(24)18-6-7-26-9-11(18)8-22(10-18)16(23)15-12-4-3-5-13(25-2)14(12)20-21-15/h3-5,11H,6-10H2,1-2H3,(H,19,24)(H,20,21)/t11-,18+/m1/s1. The largest absolute Gasteiger partial charge is 0.494 e. The number of nitrogens with one attached hydrogen (secondary N) is 2. The lowest BCUT2D eigenvalue weighted by Crippen LogP contribution is -2.49. The van der Waals surface area contributed by atoms with Crippen LogP contribution < -0.4 is 10.1 Å². The van der Waals surface area contributed by atoms with E-state index in [-0.39, 0.29) is 17.7 Å². The number of hydrogen-bond donors (Lipinski definition) is 2. The molecule has 2 aliphatic heterocycles. The van der Waals surface area contributed by atoms with E-state index in [0.717, 1.165) is 5.39 Å². The van der Waals surface area contributed by atoms with Gasteiger partial charge in [-0.15, -0.1) is 0 Å². The van der Waals surface area contributed by atoms with Gasteiger partial charge < -0.3 is 19.7 Å². The first-order valence-corrected chi connectivity index (χ1v) is 8.71. The Bertz CT molecular complexity index is 864. The minimum Gasteiger partial charge on any atom is -0.494 e. The lowest BCUT2D eigenvalue weighted by Gasteiger charge is -2.36. The van der Waals surface area contributed by atoms with Crippen LogP contribution in [0.1, 0.15) is 16.9 Å². The molecule has 0 unspecified atom stereocenters. The van der Waals surface area contributed by atoms with Crippen LogP contribution in [-0.2, 0) is 9.53 Å². The maximum Gasteiger partial charge on any atom is 0.275 e. The number of hydrogen-bond acceptors (Lipinski definition) is 5. The van der Waals surface area contributed by atoms with Crippen molar-refractivity contribution in [3.05, 3.63) is 23.9 Å². The summed E-state index contributed by atoms with van der Waals surface area (Å²) in [7, 11) is 3.22. The number of carbonyl (C=O) groups is 2. The Hall–Kier alpha value is -2.61. The zero-order chi connectivity index (χ0) is 18.3. The molecule has 1 aromatic heterocycles. The number of methoxy groups -OCH3 is 1. The highest BCUT2D eigenvalue weighted by Crippen LogP contribution is 2.43. The summed E-state index contributed by atoms with van der Waals surface area (Å²) in [5.74, 6) is 0.441. The maximum atomic E-state index is 13.1. The molecule has 2 atom stereocenters. The molecule has 0 aliphatic carbocycles. The molecule has 8 heteroatoms. The van der Waals surface area contributed by atoms with Gasteiger partial charge in [-0.1, -0.05) is 12.1 Å². The van der Waals surface area contributed by atoms with Gasteiger partial charge in [-0.3, -0.25) is 14.7 Å². The number of likely N-dealkylation sites (tertiary alicyclic amines) is 1. The van der Waals surface area contributed by atoms with Gasteiger partial charge in [0.15, 0.2) is 5.69 Å². The summed E-state index contributed by atoms with van der Waals surface area (Å²) >= 11 is 0. The highest BCUT2D eigenvalue weighted by atomic mass is 16.5. The second-order valence-corrected chi connectivity index (χ2v) is 6.90. The fraction of sp³-hybridized carbons (Fsp3) is 0.500. The average molecular weight is 358 g/mol. The van der Waals surface area contributed by atoms with Crippen molar-refractivity contribution in [3.8, 4) is 5.75 Å². The molecule has 1 aromatic carbocycles. The second-order valence-electron chi connectivity index (χ2n) is 6.90. The number of nitrogens with zero attached hydrogens (tertiary/aromatic N) is 2. The molecule has 8 nitrogen and oxygen atoms in total. The average Bonchev–Trinajstić information content (AvgIpc) is 3.28. The Balaban J connectivity index is 1.67. The molecule has 2 amide bonds. The topological polar surface area (TPSA) is 96.5 Å². The smallest absolute Gasteiger partial charge is 0.275 e. The Morgan fingerprint density at radius 2 is 2.31 bits per heavy atom. The van der Waals surface area contributed by atoms with Gasteiger partial charge in [0.2, 0.25) is 5.91 Å². The fourth-order valence-electron chi connectivity index (χ4n) is 4.22. The molecule has 2 aromatic rings. The molecule has 0 spiro atoms. The second kappa shape index (κ2) is 6.28.